The molecule has 0 aliphatic carbocycles. The molecule has 0 saturated carbocycles. The van der Waals surface area contributed by atoms with Gasteiger partial charge in [0.1, 0.15) is 0 Å². The molecule has 1 atom stereocenters. The van der Waals surface area contributed by atoms with E-state index in [2.05, 4.69) is 17.6 Å². The van der Waals surface area contributed by atoms with Gasteiger partial charge in [-0.05, 0) is 31.0 Å². The van der Waals surface area contributed by atoms with Crippen molar-refractivity contribution < 1.29 is 9.59 Å². The molecule has 19 heavy (non-hydrogen) atoms. The van der Waals surface area contributed by atoms with Crippen molar-refractivity contribution in [2.45, 2.75) is 46.1 Å². The average molecular weight is 262 g/mol. The fourth-order valence-electron chi connectivity index (χ4n) is 1.93. The van der Waals surface area contributed by atoms with Crippen LogP contribution in [-0.4, -0.2) is 17.9 Å². The monoisotopic (exact) mass is 262 g/mol. The zero-order valence-corrected chi connectivity index (χ0v) is 11.8. The molecule has 0 aromatic heterocycles. The molecule has 4 nitrogen and oxygen atoms in total. The standard InChI is InChI=1S/C15H22N2O2/c1-4-5-11(2)16-15(19)10-13-6-8-14(9-7-13)17-12(3)18/h6-9,11H,4-5,10H2,1-3H3,(H,16,19)(H,17,18). The fraction of sp³-hybridized carbons (Fsp3) is 0.467. The van der Waals surface area contributed by atoms with Gasteiger partial charge in [0.15, 0.2) is 0 Å². The number of carbonyl (C=O) groups is 2. The summed E-state index contributed by atoms with van der Waals surface area (Å²) in [5.74, 6) is -0.0629. The number of hydrogen-bond donors (Lipinski definition) is 2. The highest BCUT2D eigenvalue weighted by Crippen LogP contribution is 2.10. The molecule has 0 saturated heterocycles. The SMILES string of the molecule is CCCC(C)NC(=O)Cc1ccc(NC(C)=O)cc1. The van der Waals surface area contributed by atoms with Gasteiger partial charge in [0, 0.05) is 18.7 Å². The van der Waals surface area contributed by atoms with Gasteiger partial charge in [0.05, 0.1) is 6.42 Å². The number of benzene rings is 1. The predicted molar refractivity (Wildman–Crippen MR) is 77.0 cm³/mol. The van der Waals surface area contributed by atoms with Crippen molar-refractivity contribution in [1.82, 2.24) is 5.32 Å². The third-order valence-electron chi connectivity index (χ3n) is 2.77. The first-order valence-corrected chi connectivity index (χ1v) is 6.67. The first-order valence-electron chi connectivity index (χ1n) is 6.67. The topological polar surface area (TPSA) is 58.2 Å². The molecule has 0 radical (unpaired) electrons. The van der Waals surface area contributed by atoms with E-state index in [0.717, 1.165) is 24.1 Å². The maximum absolute atomic E-state index is 11.8. The molecular weight excluding hydrogens is 240 g/mol. The summed E-state index contributed by atoms with van der Waals surface area (Å²) in [5, 5.41) is 5.66. The summed E-state index contributed by atoms with van der Waals surface area (Å²) in [7, 11) is 0. The van der Waals surface area contributed by atoms with Crippen molar-refractivity contribution in [3.8, 4) is 0 Å². The zero-order chi connectivity index (χ0) is 14.3. The lowest BCUT2D eigenvalue weighted by atomic mass is 10.1. The van der Waals surface area contributed by atoms with E-state index in [1.54, 1.807) is 12.1 Å². The van der Waals surface area contributed by atoms with Crippen LogP contribution in [0.15, 0.2) is 24.3 Å². The molecule has 0 spiro atoms. The fourth-order valence-corrected chi connectivity index (χ4v) is 1.93. The summed E-state index contributed by atoms with van der Waals surface area (Å²) in [6, 6.07) is 7.54. The molecule has 1 unspecified atom stereocenters. The molecule has 104 valence electrons. The van der Waals surface area contributed by atoms with Gasteiger partial charge in [0.2, 0.25) is 11.8 Å². The van der Waals surface area contributed by atoms with Gasteiger partial charge in [-0.15, -0.1) is 0 Å². The molecule has 1 aromatic carbocycles. The molecule has 0 heterocycles. The normalized spacial score (nSPS) is 11.7. The van der Waals surface area contributed by atoms with Crippen LogP contribution in [0.25, 0.3) is 0 Å². The van der Waals surface area contributed by atoms with Crippen molar-refractivity contribution in [2.24, 2.45) is 0 Å². The Kier molecular flexibility index (Phi) is 6.06. The van der Waals surface area contributed by atoms with Crippen LogP contribution >= 0.6 is 0 Å². The third-order valence-corrected chi connectivity index (χ3v) is 2.77. The van der Waals surface area contributed by atoms with Gasteiger partial charge in [-0.1, -0.05) is 25.5 Å². The minimum absolute atomic E-state index is 0.0354. The number of rotatable bonds is 6. The van der Waals surface area contributed by atoms with Crippen LogP contribution in [0.1, 0.15) is 39.2 Å². The highest BCUT2D eigenvalue weighted by molar-refractivity contribution is 5.88. The molecule has 1 rings (SSSR count). The highest BCUT2D eigenvalue weighted by Gasteiger charge is 2.07. The van der Waals surface area contributed by atoms with Gasteiger partial charge in [-0.2, -0.15) is 0 Å². The second kappa shape index (κ2) is 7.56. The molecule has 2 amide bonds. The van der Waals surface area contributed by atoms with Crippen LogP contribution in [-0.2, 0) is 16.0 Å². The molecule has 2 N–H and O–H groups in total. The number of nitrogens with one attached hydrogen (secondary N) is 2. The van der Waals surface area contributed by atoms with E-state index >= 15 is 0 Å². The smallest absolute Gasteiger partial charge is 0.224 e. The third kappa shape index (κ3) is 6.04. The second-order valence-corrected chi connectivity index (χ2v) is 4.81. The Morgan fingerprint density at radius 2 is 1.84 bits per heavy atom. The van der Waals surface area contributed by atoms with Crippen molar-refractivity contribution in [3.05, 3.63) is 29.8 Å². The number of carbonyl (C=O) groups excluding carboxylic acids is 2. The van der Waals surface area contributed by atoms with Crippen LogP contribution in [0.5, 0.6) is 0 Å². The zero-order valence-electron chi connectivity index (χ0n) is 11.8. The van der Waals surface area contributed by atoms with E-state index in [0.29, 0.717) is 6.42 Å². The molecule has 4 heteroatoms. The van der Waals surface area contributed by atoms with Crippen molar-refractivity contribution >= 4 is 17.5 Å². The van der Waals surface area contributed by atoms with E-state index in [-0.39, 0.29) is 17.9 Å². The lowest BCUT2D eigenvalue weighted by Gasteiger charge is -2.12. The van der Waals surface area contributed by atoms with Crippen molar-refractivity contribution in [1.29, 1.82) is 0 Å². The predicted octanol–water partition coefficient (Wildman–Crippen LogP) is 2.49. The summed E-state index contributed by atoms with van der Waals surface area (Å²) in [5.41, 5.74) is 1.69. The van der Waals surface area contributed by atoms with Crippen molar-refractivity contribution in [2.75, 3.05) is 5.32 Å². The van der Waals surface area contributed by atoms with Gasteiger partial charge in [0.25, 0.3) is 0 Å². The Balaban J connectivity index is 2.48. The molecular formula is C15H22N2O2. The Bertz CT molecular complexity index is 426. The molecule has 1 aromatic rings. The van der Waals surface area contributed by atoms with E-state index in [4.69, 9.17) is 0 Å². The van der Waals surface area contributed by atoms with E-state index in [1.165, 1.54) is 6.92 Å². The van der Waals surface area contributed by atoms with E-state index in [1.807, 2.05) is 19.1 Å². The molecule has 0 bridgehead atoms. The summed E-state index contributed by atoms with van der Waals surface area (Å²) in [4.78, 5) is 22.7. The number of amides is 2. The van der Waals surface area contributed by atoms with Gasteiger partial charge in [-0.25, -0.2) is 0 Å². The quantitative estimate of drug-likeness (QED) is 0.827. The minimum Gasteiger partial charge on any atom is -0.353 e. The summed E-state index contributed by atoms with van der Waals surface area (Å²) in [6.07, 6.45) is 2.43. The van der Waals surface area contributed by atoms with E-state index < -0.39 is 0 Å². The van der Waals surface area contributed by atoms with Crippen LogP contribution in [0.2, 0.25) is 0 Å². The maximum atomic E-state index is 11.8. The van der Waals surface area contributed by atoms with Gasteiger partial charge < -0.3 is 10.6 Å². The minimum atomic E-state index is -0.0983. The lowest BCUT2D eigenvalue weighted by molar-refractivity contribution is -0.121. The lowest BCUT2D eigenvalue weighted by Crippen LogP contribution is -2.33. The van der Waals surface area contributed by atoms with E-state index in [9.17, 15) is 9.59 Å². The molecule has 0 aliphatic rings. The average Bonchev–Trinajstić information content (AvgIpc) is 2.31. The van der Waals surface area contributed by atoms with Crippen LogP contribution < -0.4 is 10.6 Å². The second-order valence-electron chi connectivity index (χ2n) is 4.81. The van der Waals surface area contributed by atoms with Gasteiger partial charge in [-0.3, -0.25) is 9.59 Å². The van der Waals surface area contributed by atoms with Crippen molar-refractivity contribution in [3.63, 3.8) is 0 Å². The van der Waals surface area contributed by atoms with Gasteiger partial charge >= 0.3 is 0 Å². The first-order chi connectivity index (χ1) is 9.01. The first kappa shape index (κ1) is 15.2. The van der Waals surface area contributed by atoms with Crippen LogP contribution in [0, 0.1) is 0 Å². The Labute approximate surface area is 114 Å². The van der Waals surface area contributed by atoms with Crippen LogP contribution in [0.3, 0.4) is 0 Å². The Morgan fingerprint density at radius 1 is 1.21 bits per heavy atom. The summed E-state index contributed by atoms with van der Waals surface area (Å²) in [6.45, 7) is 5.58. The Morgan fingerprint density at radius 3 is 2.37 bits per heavy atom. The largest absolute Gasteiger partial charge is 0.353 e. The van der Waals surface area contributed by atoms with Crippen LogP contribution in [0.4, 0.5) is 5.69 Å². The summed E-state index contributed by atoms with van der Waals surface area (Å²) >= 11 is 0. The Hall–Kier alpha value is -1.84. The number of hydrogen-bond acceptors (Lipinski definition) is 2. The molecule has 0 fully saturated rings. The maximum Gasteiger partial charge on any atom is 0.224 e. The molecule has 0 aliphatic heterocycles. The number of anilines is 1. The summed E-state index contributed by atoms with van der Waals surface area (Å²) < 4.78 is 0. The highest BCUT2D eigenvalue weighted by atomic mass is 16.2.